The van der Waals surface area contributed by atoms with Crippen LogP contribution in [0.15, 0.2) is 18.2 Å². The Bertz CT molecular complexity index is 364. The van der Waals surface area contributed by atoms with Crippen molar-refractivity contribution in [3.8, 4) is 0 Å². The molecular formula is C15H24N2. The molecule has 0 saturated carbocycles. The van der Waals surface area contributed by atoms with E-state index in [0.29, 0.717) is 12.1 Å². The number of piperidine rings is 1. The first kappa shape index (κ1) is 12.6. The SMILES string of the molecule is Cc1cc(C)cc(C2CC(N(C)C)CCN2)c1. The highest BCUT2D eigenvalue weighted by molar-refractivity contribution is 5.31. The summed E-state index contributed by atoms with van der Waals surface area (Å²) in [5.74, 6) is 0. The Morgan fingerprint density at radius 1 is 1.12 bits per heavy atom. The molecule has 2 unspecified atom stereocenters. The third-order valence-electron chi connectivity index (χ3n) is 3.75. The summed E-state index contributed by atoms with van der Waals surface area (Å²) in [6.07, 6.45) is 2.48. The molecule has 1 aromatic rings. The van der Waals surface area contributed by atoms with Crippen molar-refractivity contribution >= 4 is 0 Å². The molecule has 0 aliphatic carbocycles. The molecule has 1 aliphatic rings. The molecule has 1 N–H and O–H groups in total. The smallest absolute Gasteiger partial charge is 0.0335 e. The lowest BCUT2D eigenvalue weighted by molar-refractivity contribution is 0.207. The molecule has 2 atom stereocenters. The molecule has 2 rings (SSSR count). The highest BCUT2D eigenvalue weighted by Crippen LogP contribution is 2.26. The molecule has 0 spiro atoms. The first-order chi connectivity index (χ1) is 8.06. The minimum atomic E-state index is 0.523. The lowest BCUT2D eigenvalue weighted by atomic mass is 9.91. The van der Waals surface area contributed by atoms with Gasteiger partial charge in [0.05, 0.1) is 0 Å². The predicted octanol–water partition coefficient (Wildman–Crippen LogP) is 2.66. The maximum Gasteiger partial charge on any atom is 0.0335 e. The maximum absolute atomic E-state index is 3.65. The summed E-state index contributed by atoms with van der Waals surface area (Å²) in [5, 5.41) is 3.65. The number of rotatable bonds is 2. The van der Waals surface area contributed by atoms with Crippen molar-refractivity contribution in [2.45, 2.75) is 38.8 Å². The summed E-state index contributed by atoms with van der Waals surface area (Å²) < 4.78 is 0. The fourth-order valence-electron chi connectivity index (χ4n) is 2.83. The molecule has 94 valence electrons. The molecule has 1 heterocycles. The van der Waals surface area contributed by atoms with Gasteiger partial charge in [-0.05, 0) is 52.9 Å². The van der Waals surface area contributed by atoms with Crippen molar-refractivity contribution in [2.24, 2.45) is 0 Å². The predicted molar refractivity (Wildman–Crippen MR) is 73.4 cm³/mol. The van der Waals surface area contributed by atoms with Crippen molar-refractivity contribution in [1.82, 2.24) is 10.2 Å². The van der Waals surface area contributed by atoms with Gasteiger partial charge in [0.2, 0.25) is 0 Å². The number of hydrogen-bond acceptors (Lipinski definition) is 2. The van der Waals surface area contributed by atoms with E-state index < -0.39 is 0 Å². The van der Waals surface area contributed by atoms with Crippen LogP contribution in [0.5, 0.6) is 0 Å². The van der Waals surface area contributed by atoms with Gasteiger partial charge in [0.15, 0.2) is 0 Å². The van der Waals surface area contributed by atoms with Crippen LogP contribution in [-0.2, 0) is 0 Å². The largest absolute Gasteiger partial charge is 0.310 e. The Morgan fingerprint density at radius 3 is 2.35 bits per heavy atom. The number of benzene rings is 1. The normalized spacial score (nSPS) is 25.2. The number of nitrogens with one attached hydrogen (secondary N) is 1. The second-order valence-electron chi connectivity index (χ2n) is 5.57. The third-order valence-corrected chi connectivity index (χ3v) is 3.75. The summed E-state index contributed by atoms with van der Waals surface area (Å²) in [5.41, 5.74) is 4.19. The molecule has 1 aliphatic heterocycles. The fourth-order valence-corrected chi connectivity index (χ4v) is 2.83. The third kappa shape index (κ3) is 3.08. The highest BCUT2D eigenvalue weighted by Gasteiger charge is 2.23. The van der Waals surface area contributed by atoms with Gasteiger partial charge in [0, 0.05) is 12.1 Å². The first-order valence-corrected chi connectivity index (χ1v) is 6.54. The molecular weight excluding hydrogens is 208 g/mol. The maximum atomic E-state index is 3.65. The topological polar surface area (TPSA) is 15.3 Å². The summed E-state index contributed by atoms with van der Waals surface area (Å²) in [7, 11) is 4.38. The van der Waals surface area contributed by atoms with E-state index >= 15 is 0 Å². The molecule has 1 fully saturated rings. The fraction of sp³-hybridized carbons (Fsp3) is 0.600. The Labute approximate surface area is 105 Å². The molecule has 1 saturated heterocycles. The van der Waals surface area contributed by atoms with Gasteiger partial charge in [-0.25, -0.2) is 0 Å². The van der Waals surface area contributed by atoms with E-state index in [2.05, 4.69) is 56.4 Å². The van der Waals surface area contributed by atoms with Crippen LogP contribution in [0.4, 0.5) is 0 Å². The molecule has 1 aromatic carbocycles. The zero-order valence-electron chi connectivity index (χ0n) is 11.5. The van der Waals surface area contributed by atoms with Gasteiger partial charge in [-0.3, -0.25) is 0 Å². The monoisotopic (exact) mass is 232 g/mol. The Kier molecular flexibility index (Phi) is 3.85. The van der Waals surface area contributed by atoms with Gasteiger partial charge in [-0.1, -0.05) is 29.3 Å². The van der Waals surface area contributed by atoms with Gasteiger partial charge in [-0.2, -0.15) is 0 Å². The quantitative estimate of drug-likeness (QED) is 0.843. The van der Waals surface area contributed by atoms with Crippen LogP contribution in [0.3, 0.4) is 0 Å². The Hall–Kier alpha value is -0.860. The van der Waals surface area contributed by atoms with E-state index in [4.69, 9.17) is 0 Å². The zero-order valence-corrected chi connectivity index (χ0v) is 11.5. The second-order valence-corrected chi connectivity index (χ2v) is 5.57. The summed E-state index contributed by atoms with van der Waals surface area (Å²) >= 11 is 0. The summed E-state index contributed by atoms with van der Waals surface area (Å²) in [6, 6.07) is 8.12. The van der Waals surface area contributed by atoms with Crippen LogP contribution in [0.2, 0.25) is 0 Å². The van der Waals surface area contributed by atoms with E-state index in [1.165, 1.54) is 29.5 Å². The molecule has 2 heteroatoms. The highest BCUT2D eigenvalue weighted by atomic mass is 15.1. The lowest BCUT2D eigenvalue weighted by Crippen LogP contribution is -2.41. The van der Waals surface area contributed by atoms with Crippen molar-refractivity contribution in [1.29, 1.82) is 0 Å². The molecule has 2 nitrogen and oxygen atoms in total. The first-order valence-electron chi connectivity index (χ1n) is 6.54. The van der Waals surface area contributed by atoms with Crippen molar-refractivity contribution in [3.05, 3.63) is 34.9 Å². The van der Waals surface area contributed by atoms with E-state index in [0.717, 1.165) is 6.54 Å². The minimum Gasteiger partial charge on any atom is -0.310 e. The van der Waals surface area contributed by atoms with Crippen LogP contribution >= 0.6 is 0 Å². The Morgan fingerprint density at radius 2 is 1.76 bits per heavy atom. The Balaban J connectivity index is 2.16. The standard InChI is InChI=1S/C15H24N2/c1-11-7-12(2)9-13(8-11)15-10-14(17(3)4)5-6-16-15/h7-9,14-16H,5-6,10H2,1-4H3. The molecule has 0 amide bonds. The van der Waals surface area contributed by atoms with Crippen molar-refractivity contribution in [3.63, 3.8) is 0 Å². The van der Waals surface area contributed by atoms with Crippen LogP contribution in [0.1, 0.15) is 35.6 Å². The van der Waals surface area contributed by atoms with E-state index in [1.54, 1.807) is 0 Å². The van der Waals surface area contributed by atoms with Gasteiger partial charge < -0.3 is 10.2 Å². The van der Waals surface area contributed by atoms with Crippen LogP contribution in [0.25, 0.3) is 0 Å². The average molecular weight is 232 g/mol. The van der Waals surface area contributed by atoms with Gasteiger partial charge in [0.1, 0.15) is 0 Å². The van der Waals surface area contributed by atoms with Crippen molar-refractivity contribution < 1.29 is 0 Å². The van der Waals surface area contributed by atoms with E-state index in [-0.39, 0.29) is 0 Å². The second kappa shape index (κ2) is 5.19. The van der Waals surface area contributed by atoms with Gasteiger partial charge in [-0.15, -0.1) is 0 Å². The zero-order chi connectivity index (χ0) is 12.4. The van der Waals surface area contributed by atoms with Crippen molar-refractivity contribution in [2.75, 3.05) is 20.6 Å². The van der Waals surface area contributed by atoms with Crippen LogP contribution in [-0.4, -0.2) is 31.6 Å². The van der Waals surface area contributed by atoms with Crippen LogP contribution < -0.4 is 5.32 Å². The summed E-state index contributed by atoms with van der Waals surface area (Å²) in [4.78, 5) is 2.36. The average Bonchev–Trinajstić information content (AvgIpc) is 2.28. The molecule has 0 bridgehead atoms. The van der Waals surface area contributed by atoms with E-state index in [9.17, 15) is 0 Å². The molecule has 17 heavy (non-hydrogen) atoms. The lowest BCUT2D eigenvalue weighted by Gasteiger charge is -2.34. The molecule has 0 aromatic heterocycles. The minimum absolute atomic E-state index is 0.523. The van der Waals surface area contributed by atoms with E-state index in [1.807, 2.05) is 0 Å². The number of aryl methyl sites for hydroxylation is 2. The summed E-state index contributed by atoms with van der Waals surface area (Å²) in [6.45, 7) is 5.49. The number of hydrogen-bond donors (Lipinski definition) is 1. The van der Waals surface area contributed by atoms with Crippen LogP contribution in [0, 0.1) is 13.8 Å². The van der Waals surface area contributed by atoms with Gasteiger partial charge in [0.25, 0.3) is 0 Å². The number of nitrogens with zero attached hydrogens (tertiary/aromatic N) is 1. The molecule has 0 radical (unpaired) electrons. The van der Waals surface area contributed by atoms with Gasteiger partial charge >= 0.3 is 0 Å².